The predicted octanol–water partition coefficient (Wildman–Crippen LogP) is 4.45. The fraction of sp³-hybridized carbons (Fsp3) is 0.357. The van der Waals surface area contributed by atoms with Crippen molar-refractivity contribution in [1.29, 1.82) is 0 Å². The van der Waals surface area contributed by atoms with Gasteiger partial charge < -0.3 is 14.4 Å². The second-order valence-electron chi connectivity index (χ2n) is 9.50. The van der Waals surface area contributed by atoms with Crippen molar-refractivity contribution in [3.05, 3.63) is 92.9 Å². The van der Waals surface area contributed by atoms with E-state index in [9.17, 15) is 14.0 Å². The van der Waals surface area contributed by atoms with E-state index in [1.165, 1.54) is 17.8 Å². The van der Waals surface area contributed by atoms with Crippen LogP contribution in [-0.4, -0.2) is 48.0 Å². The molecule has 3 aliphatic rings. The molecule has 0 radical (unpaired) electrons. The van der Waals surface area contributed by atoms with Gasteiger partial charge in [0, 0.05) is 35.0 Å². The largest absolute Gasteiger partial charge is 0.487 e. The molecule has 3 aliphatic heterocycles. The van der Waals surface area contributed by atoms with E-state index in [1.54, 1.807) is 21.8 Å². The predicted molar refractivity (Wildman–Crippen MR) is 139 cm³/mol. The molecule has 3 aromatic rings. The lowest BCUT2D eigenvalue weighted by molar-refractivity contribution is -0.0198. The van der Waals surface area contributed by atoms with Crippen molar-refractivity contribution in [1.82, 2.24) is 9.58 Å². The Hall–Kier alpha value is -3.37. The van der Waals surface area contributed by atoms with E-state index in [2.05, 4.69) is 0 Å². The molecule has 0 bridgehead atoms. The van der Waals surface area contributed by atoms with E-state index in [-0.39, 0.29) is 40.7 Å². The third-order valence-corrected chi connectivity index (χ3v) is 8.39. The number of carbonyl (C=O) groups is 1. The molecule has 10 heteroatoms. The lowest BCUT2D eigenvalue weighted by atomic mass is 9.93. The topological polar surface area (TPSA) is 64.0 Å². The number of hydrogen-bond acceptors (Lipinski definition) is 6. The van der Waals surface area contributed by atoms with E-state index in [1.807, 2.05) is 36.2 Å². The Morgan fingerprint density at radius 2 is 1.95 bits per heavy atom. The van der Waals surface area contributed by atoms with Gasteiger partial charge >= 0.3 is 0 Å². The number of rotatable bonds is 5. The van der Waals surface area contributed by atoms with Crippen molar-refractivity contribution >= 4 is 17.7 Å². The number of pyridine rings is 1. The van der Waals surface area contributed by atoms with Gasteiger partial charge in [0.2, 0.25) is 5.43 Å². The van der Waals surface area contributed by atoms with Crippen LogP contribution in [0, 0.1) is 11.6 Å². The number of fused-ring (bicyclic) bond motifs is 4. The summed E-state index contributed by atoms with van der Waals surface area (Å²) in [4.78, 5) is 29.4. The summed E-state index contributed by atoms with van der Waals surface area (Å²) in [5, 5.41) is 1.95. The fourth-order valence-corrected chi connectivity index (χ4v) is 6.54. The van der Waals surface area contributed by atoms with Crippen LogP contribution < -0.4 is 15.2 Å². The van der Waals surface area contributed by atoms with Crippen LogP contribution in [0.25, 0.3) is 0 Å². The highest BCUT2D eigenvalue weighted by Crippen LogP contribution is 2.45. The minimum Gasteiger partial charge on any atom is -0.487 e. The van der Waals surface area contributed by atoms with Gasteiger partial charge in [-0.25, -0.2) is 8.78 Å². The number of benzene rings is 2. The van der Waals surface area contributed by atoms with Gasteiger partial charge in [-0.15, -0.1) is 11.8 Å². The van der Waals surface area contributed by atoms with Crippen molar-refractivity contribution in [3.8, 4) is 5.75 Å². The lowest BCUT2D eigenvalue weighted by Crippen LogP contribution is -2.66. The Labute approximate surface area is 222 Å². The number of ether oxygens (including phenoxy) is 2. The van der Waals surface area contributed by atoms with Crippen molar-refractivity contribution in [2.45, 2.75) is 42.6 Å². The van der Waals surface area contributed by atoms with Gasteiger partial charge in [0.15, 0.2) is 23.1 Å². The summed E-state index contributed by atoms with van der Waals surface area (Å²) in [6.45, 7) is 3.22. The number of aromatic nitrogens is 1. The summed E-state index contributed by atoms with van der Waals surface area (Å²) < 4.78 is 43.0. The number of morpholine rings is 1. The summed E-state index contributed by atoms with van der Waals surface area (Å²) in [6.07, 6.45) is 2.63. The van der Waals surface area contributed by atoms with Gasteiger partial charge in [-0.2, -0.15) is 0 Å². The second kappa shape index (κ2) is 10.1. The van der Waals surface area contributed by atoms with Crippen LogP contribution >= 0.6 is 11.8 Å². The minimum atomic E-state index is -0.902. The summed E-state index contributed by atoms with van der Waals surface area (Å²) in [6, 6.07) is 11.3. The average Bonchev–Trinajstić information content (AvgIpc) is 3.10. The maximum absolute atomic E-state index is 15.2. The van der Waals surface area contributed by atoms with E-state index in [0.717, 1.165) is 29.4 Å². The van der Waals surface area contributed by atoms with Crippen LogP contribution in [0.3, 0.4) is 0 Å². The van der Waals surface area contributed by atoms with Gasteiger partial charge in [-0.3, -0.25) is 19.3 Å². The molecule has 0 N–H and O–H groups in total. The molecule has 2 atom stereocenters. The molecular weight excluding hydrogens is 512 g/mol. The molecule has 0 unspecified atom stereocenters. The second-order valence-corrected chi connectivity index (χ2v) is 10.5. The van der Waals surface area contributed by atoms with Crippen LogP contribution in [0.15, 0.2) is 58.4 Å². The van der Waals surface area contributed by atoms with Crippen molar-refractivity contribution in [2.24, 2.45) is 0 Å². The van der Waals surface area contributed by atoms with Gasteiger partial charge in [-0.1, -0.05) is 37.6 Å². The number of thioether (sulfide) groups is 1. The van der Waals surface area contributed by atoms with Crippen LogP contribution in [0.1, 0.15) is 53.0 Å². The highest BCUT2D eigenvalue weighted by atomic mass is 32.2. The Balaban J connectivity index is 1.62. The highest BCUT2D eigenvalue weighted by Gasteiger charge is 2.46. The SMILES string of the molecule is CCCCOc1c2n(ccc1=O)N([C@@H]1c3ccccc3SCc3c1ccc(F)c3F)[C@@H]1COCCN1C2=O. The van der Waals surface area contributed by atoms with E-state index < -0.39 is 23.8 Å². The van der Waals surface area contributed by atoms with E-state index in [0.29, 0.717) is 25.3 Å². The molecule has 0 aliphatic carbocycles. The average molecular weight is 540 g/mol. The first-order chi connectivity index (χ1) is 18.5. The Morgan fingerprint density at radius 3 is 2.79 bits per heavy atom. The molecule has 7 nitrogen and oxygen atoms in total. The molecule has 6 rings (SSSR count). The molecule has 0 spiro atoms. The number of nitrogens with zero attached hydrogens (tertiary/aromatic N) is 3. The molecule has 1 amide bonds. The maximum Gasteiger partial charge on any atom is 0.278 e. The summed E-state index contributed by atoms with van der Waals surface area (Å²) in [5.41, 5.74) is 1.51. The molecule has 38 heavy (non-hydrogen) atoms. The molecule has 0 saturated carbocycles. The van der Waals surface area contributed by atoms with Crippen molar-refractivity contribution in [2.75, 3.05) is 31.4 Å². The Kier molecular flexibility index (Phi) is 6.61. The molecule has 1 saturated heterocycles. The molecule has 1 aromatic heterocycles. The van der Waals surface area contributed by atoms with Crippen LogP contribution in [0.2, 0.25) is 0 Å². The molecule has 1 fully saturated rings. The fourth-order valence-electron chi connectivity index (χ4n) is 5.43. The third kappa shape index (κ3) is 3.97. The van der Waals surface area contributed by atoms with Crippen LogP contribution in [-0.2, 0) is 10.5 Å². The quantitative estimate of drug-likeness (QED) is 0.447. The number of unbranched alkanes of at least 4 members (excludes halogenated alkanes) is 1. The van der Waals surface area contributed by atoms with Gasteiger partial charge in [0.05, 0.1) is 25.9 Å². The molecule has 4 heterocycles. The molecular formula is C28H27F2N3O4S. The van der Waals surface area contributed by atoms with Crippen LogP contribution in [0.4, 0.5) is 8.78 Å². The highest BCUT2D eigenvalue weighted by molar-refractivity contribution is 7.98. The maximum atomic E-state index is 15.2. The Morgan fingerprint density at radius 1 is 1.11 bits per heavy atom. The normalized spacial score (nSPS) is 20.2. The summed E-state index contributed by atoms with van der Waals surface area (Å²) in [7, 11) is 0. The number of halogens is 2. The number of hydrogen-bond donors (Lipinski definition) is 0. The van der Waals surface area contributed by atoms with Crippen molar-refractivity contribution < 1.29 is 23.0 Å². The summed E-state index contributed by atoms with van der Waals surface area (Å²) in [5.74, 6) is -1.84. The zero-order valence-corrected chi connectivity index (χ0v) is 21.7. The number of carbonyl (C=O) groups excluding carboxylic acids is 1. The first-order valence-corrected chi connectivity index (χ1v) is 13.7. The molecule has 198 valence electrons. The van der Waals surface area contributed by atoms with Gasteiger partial charge in [0.25, 0.3) is 5.91 Å². The first kappa shape index (κ1) is 24.9. The lowest BCUT2D eigenvalue weighted by Gasteiger charge is -2.51. The first-order valence-electron chi connectivity index (χ1n) is 12.8. The van der Waals surface area contributed by atoms with Gasteiger partial charge in [-0.05, 0) is 29.7 Å². The minimum absolute atomic E-state index is 0.00249. The zero-order chi connectivity index (χ0) is 26.4. The third-order valence-electron chi connectivity index (χ3n) is 7.28. The molecule has 2 aromatic carbocycles. The Bertz CT molecular complexity index is 1460. The van der Waals surface area contributed by atoms with E-state index in [4.69, 9.17) is 9.47 Å². The smallest absolute Gasteiger partial charge is 0.278 e. The van der Waals surface area contributed by atoms with Gasteiger partial charge in [0.1, 0.15) is 6.17 Å². The number of amides is 1. The van der Waals surface area contributed by atoms with Crippen LogP contribution in [0.5, 0.6) is 5.75 Å². The monoisotopic (exact) mass is 539 g/mol. The van der Waals surface area contributed by atoms with Crippen molar-refractivity contribution in [3.63, 3.8) is 0 Å². The summed E-state index contributed by atoms with van der Waals surface area (Å²) >= 11 is 1.44. The zero-order valence-electron chi connectivity index (χ0n) is 20.9. The van der Waals surface area contributed by atoms with E-state index >= 15 is 4.39 Å². The standard InChI is InChI=1S/C28H27F2N3O4S/c1-2-3-13-37-27-21(34)10-11-32-26(27)28(35)31-12-14-36-15-23(31)33(32)25-17-8-9-20(29)24(30)19(17)16-38-22-7-5-4-6-18(22)25/h4-11,23,25H,2-3,12-16H2,1H3/t23-,25+/m1/s1.